The number of hydrogen-bond donors (Lipinski definition) is 2. The first-order chi connectivity index (χ1) is 14.5. The second kappa shape index (κ2) is 9.63. The number of carbonyl (C=O) groups is 1. The average molecular weight is 499 g/mol. The molecule has 10 heteroatoms. The number of ether oxygens (including phenoxy) is 1. The van der Waals surface area contributed by atoms with Gasteiger partial charge in [0.2, 0.25) is 0 Å². The fourth-order valence-corrected chi connectivity index (χ4v) is 7.46. The Labute approximate surface area is 198 Å². The molecule has 31 heavy (non-hydrogen) atoms. The number of amides is 1. The summed E-state index contributed by atoms with van der Waals surface area (Å²) in [5.74, 6) is 1.36. The van der Waals surface area contributed by atoms with Crippen LogP contribution in [-0.4, -0.2) is 39.0 Å². The van der Waals surface area contributed by atoms with Crippen molar-refractivity contribution in [3.63, 3.8) is 0 Å². The van der Waals surface area contributed by atoms with Crippen molar-refractivity contribution < 1.29 is 19.2 Å². The van der Waals surface area contributed by atoms with Crippen molar-refractivity contribution in [3.05, 3.63) is 53.3 Å². The zero-order chi connectivity index (χ0) is 22.8. The Kier molecular flexibility index (Phi) is 7.54. The molecule has 3 rings (SSSR count). The molecule has 0 spiro atoms. The molecular weight excluding hydrogens is 471 g/mol. The molecule has 1 aliphatic carbocycles. The van der Waals surface area contributed by atoms with Gasteiger partial charge in [0.1, 0.15) is 22.5 Å². The summed E-state index contributed by atoms with van der Waals surface area (Å²) < 4.78 is 14.3. The summed E-state index contributed by atoms with van der Waals surface area (Å²) in [4.78, 5) is 12.3. The van der Waals surface area contributed by atoms with Gasteiger partial charge in [-0.05, 0) is 49.2 Å². The van der Waals surface area contributed by atoms with Gasteiger partial charge in [0.05, 0.1) is 4.86 Å². The number of benzene rings is 1. The number of hydrogen-bond acceptors (Lipinski definition) is 6. The van der Waals surface area contributed by atoms with Gasteiger partial charge in [-0.3, -0.25) is 0 Å². The quantitative estimate of drug-likeness (QED) is 0.202. The summed E-state index contributed by atoms with van der Waals surface area (Å²) in [6.07, 6.45) is 4.15. The van der Waals surface area contributed by atoms with E-state index >= 15 is 0 Å². The molecule has 2 unspecified atom stereocenters. The third-order valence-corrected chi connectivity index (χ3v) is 11.5. The first kappa shape index (κ1) is 24.3. The predicted molar refractivity (Wildman–Crippen MR) is 134 cm³/mol. The second-order valence-electron chi connectivity index (χ2n) is 7.90. The molecular formula is C21H27N2O4PS3. The van der Waals surface area contributed by atoms with E-state index in [4.69, 9.17) is 33.3 Å². The number of para-hydroxylation sites is 1. The lowest BCUT2D eigenvalue weighted by molar-refractivity contribution is 0.137. The molecule has 0 saturated carbocycles. The SMILES string of the molecule is CCP(=S)(OC1=CC=CCC1=S)N(C)SC(NC(=O)O)c1cccc2c1OC(C)(C)C2. The largest absolute Gasteiger partial charge is 0.487 e. The molecule has 2 atom stereocenters. The lowest BCUT2D eigenvalue weighted by atomic mass is 10.0. The molecule has 0 aromatic heterocycles. The first-order valence-corrected chi connectivity index (χ1v) is 14.0. The van der Waals surface area contributed by atoms with E-state index in [1.54, 1.807) is 0 Å². The van der Waals surface area contributed by atoms with Gasteiger partial charge in [-0.25, -0.2) is 4.79 Å². The maximum absolute atomic E-state index is 11.6. The molecule has 168 valence electrons. The normalized spacial score (nSPS) is 19.8. The van der Waals surface area contributed by atoms with Crippen LogP contribution in [0.1, 0.15) is 43.7 Å². The second-order valence-corrected chi connectivity index (χ2v) is 14.3. The third kappa shape index (κ3) is 5.71. The number of nitrogens with zero attached hydrogens (tertiary/aromatic N) is 1. The summed E-state index contributed by atoms with van der Waals surface area (Å²) >= 11 is 12.7. The van der Waals surface area contributed by atoms with Gasteiger partial charge in [0.25, 0.3) is 0 Å². The molecule has 6 nitrogen and oxygen atoms in total. The molecule has 1 aromatic carbocycles. The number of thiocarbonyl (C=S) groups is 1. The Hall–Kier alpha value is -1.38. The zero-order valence-electron chi connectivity index (χ0n) is 18.0. The van der Waals surface area contributed by atoms with E-state index in [-0.39, 0.29) is 5.60 Å². The van der Waals surface area contributed by atoms with Gasteiger partial charge in [0.15, 0.2) is 6.42 Å². The van der Waals surface area contributed by atoms with Crippen LogP contribution in [-0.2, 0) is 22.8 Å². The highest BCUT2D eigenvalue weighted by Gasteiger charge is 2.36. The van der Waals surface area contributed by atoms with Gasteiger partial charge in [-0.2, -0.15) is 4.08 Å². The monoisotopic (exact) mass is 498 g/mol. The third-order valence-electron chi connectivity index (χ3n) is 4.95. The molecule has 2 N–H and O–H groups in total. The molecule has 0 fully saturated rings. The predicted octanol–water partition coefficient (Wildman–Crippen LogP) is 5.81. The Bertz CT molecular complexity index is 993. The molecule has 1 aliphatic heterocycles. The van der Waals surface area contributed by atoms with Gasteiger partial charge in [-0.15, -0.1) is 0 Å². The van der Waals surface area contributed by atoms with Crippen molar-refractivity contribution in [2.24, 2.45) is 0 Å². The summed E-state index contributed by atoms with van der Waals surface area (Å²) in [6.45, 7) is 6.02. The average Bonchev–Trinajstić information content (AvgIpc) is 3.02. The maximum atomic E-state index is 11.6. The standard InChI is InChI=1S/C21H27N2O4PS3/c1-5-28(30,27-16-11-6-7-12-17(16)29)23(4)31-19(22-20(24)25)15-10-8-9-14-13-21(2,3)26-18(14)15/h6-11,19,22H,5,12-13H2,1-4H3,(H,24,25). The van der Waals surface area contributed by atoms with Crippen molar-refractivity contribution in [1.82, 2.24) is 9.39 Å². The van der Waals surface area contributed by atoms with E-state index in [1.165, 1.54) is 11.9 Å². The van der Waals surface area contributed by atoms with E-state index in [0.29, 0.717) is 18.3 Å². The van der Waals surface area contributed by atoms with E-state index in [1.807, 2.05) is 68.3 Å². The first-order valence-electron chi connectivity index (χ1n) is 9.94. The van der Waals surface area contributed by atoms with Crippen LogP contribution >= 0.6 is 30.6 Å². The minimum Gasteiger partial charge on any atom is -0.487 e. The fourth-order valence-electron chi connectivity index (χ4n) is 3.42. The zero-order valence-corrected chi connectivity index (χ0v) is 21.3. The number of fused-ring (bicyclic) bond motifs is 1. The van der Waals surface area contributed by atoms with E-state index in [0.717, 1.165) is 28.2 Å². The van der Waals surface area contributed by atoms with Gasteiger partial charge in [-0.1, -0.05) is 49.5 Å². The highest BCUT2D eigenvalue weighted by atomic mass is 32.5. The van der Waals surface area contributed by atoms with Gasteiger partial charge >= 0.3 is 6.09 Å². The Morgan fingerprint density at radius 3 is 2.87 bits per heavy atom. The minimum absolute atomic E-state index is 0.333. The maximum Gasteiger partial charge on any atom is 0.405 e. The summed E-state index contributed by atoms with van der Waals surface area (Å²) in [7, 11) is 1.85. The van der Waals surface area contributed by atoms with Crippen molar-refractivity contribution in [2.75, 3.05) is 13.2 Å². The number of allylic oxidation sites excluding steroid dienone is 4. The number of carboxylic acid groups (broad SMARTS) is 1. The fraction of sp³-hybridized carbons (Fsp3) is 0.429. The molecule has 0 radical (unpaired) electrons. The molecule has 0 bridgehead atoms. The van der Waals surface area contributed by atoms with Crippen molar-refractivity contribution in [1.29, 1.82) is 0 Å². The van der Waals surface area contributed by atoms with E-state index in [9.17, 15) is 9.90 Å². The topological polar surface area (TPSA) is 71.0 Å². The minimum atomic E-state index is -2.49. The highest BCUT2D eigenvalue weighted by Crippen LogP contribution is 2.58. The van der Waals surface area contributed by atoms with Crippen LogP contribution in [0.5, 0.6) is 5.75 Å². The Morgan fingerprint density at radius 1 is 1.48 bits per heavy atom. The number of nitrogens with one attached hydrogen (secondary N) is 1. The summed E-state index contributed by atoms with van der Waals surface area (Å²) in [6, 6.07) is 5.84. The van der Waals surface area contributed by atoms with Crippen LogP contribution in [0, 0.1) is 0 Å². The molecule has 0 saturated heterocycles. The van der Waals surface area contributed by atoms with Gasteiger partial charge < -0.3 is 19.7 Å². The van der Waals surface area contributed by atoms with Crippen LogP contribution in [0.25, 0.3) is 0 Å². The Balaban J connectivity index is 1.88. The Morgan fingerprint density at radius 2 is 2.23 bits per heavy atom. The molecule has 1 aromatic rings. The summed E-state index contributed by atoms with van der Waals surface area (Å²) in [5.41, 5.74) is 1.51. The van der Waals surface area contributed by atoms with Crippen LogP contribution < -0.4 is 10.1 Å². The van der Waals surface area contributed by atoms with E-state index < -0.39 is 17.9 Å². The lowest BCUT2D eigenvalue weighted by Crippen LogP contribution is -2.28. The van der Waals surface area contributed by atoms with Gasteiger partial charge in [0, 0.05) is 31.6 Å². The highest BCUT2D eigenvalue weighted by molar-refractivity contribution is 8.17. The molecule has 1 heterocycles. The van der Waals surface area contributed by atoms with Crippen LogP contribution in [0.2, 0.25) is 0 Å². The van der Waals surface area contributed by atoms with Crippen molar-refractivity contribution in [2.45, 2.75) is 44.6 Å². The molecule has 2 aliphatic rings. The number of rotatable bonds is 8. The van der Waals surface area contributed by atoms with Crippen LogP contribution in [0.4, 0.5) is 4.79 Å². The lowest BCUT2D eigenvalue weighted by Gasteiger charge is -2.34. The van der Waals surface area contributed by atoms with Crippen molar-refractivity contribution in [3.8, 4) is 5.75 Å². The smallest absolute Gasteiger partial charge is 0.405 e. The summed E-state index contributed by atoms with van der Waals surface area (Å²) in [5, 5.41) is 11.5. The van der Waals surface area contributed by atoms with Crippen LogP contribution in [0.3, 0.4) is 0 Å². The van der Waals surface area contributed by atoms with E-state index in [2.05, 4.69) is 5.32 Å². The van der Waals surface area contributed by atoms with Crippen molar-refractivity contribution >= 4 is 53.3 Å². The molecule has 1 amide bonds. The van der Waals surface area contributed by atoms with Crippen LogP contribution in [0.15, 0.2) is 42.2 Å².